The second-order valence-corrected chi connectivity index (χ2v) is 9.46. The van der Waals surface area contributed by atoms with Crippen LogP contribution in [0, 0.1) is 0 Å². The molecule has 3 aromatic rings. The standard InChI is InChI=1S/C16H15NO3.C5H13N.C4H7N3O2S/c18-11-17-15-3-1-2-14(10-15)13-7-4-12(5-8-13)6-9-16(19)20;1-4-5(2)6-3;1-7-2-4(6-3-7)10(5,8)9/h1-5,7-8,10-11H,6,9H2,(H,17,18)(H,19,20);5-6H,4H2,1-3H3;2-3H,1H3,(H2,5,8,9). The van der Waals surface area contributed by atoms with E-state index in [4.69, 9.17) is 10.2 Å². The summed E-state index contributed by atoms with van der Waals surface area (Å²) >= 11 is 0. The highest BCUT2D eigenvalue weighted by Crippen LogP contribution is 2.23. The molecular formula is C25H35N5O5S. The van der Waals surface area contributed by atoms with Crippen molar-refractivity contribution in [1.82, 2.24) is 14.9 Å². The summed E-state index contributed by atoms with van der Waals surface area (Å²) in [5.74, 6) is -0.790. The molecule has 0 saturated carbocycles. The number of imidazole rings is 1. The van der Waals surface area contributed by atoms with E-state index in [1.807, 2.05) is 55.6 Å². The maximum atomic E-state index is 10.5. The predicted molar refractivity (Wildman–Crippen MR) is 141 cm³/mol. The van der Waals surface area contributed by atoms with Crippen LogP contribution < -0.4 is 15.8 Å². The zero-order valence-corrected chi connectivity index (χ0v) is 21.8. The maximum absolute atomic E-state index is 10.5. The number of nitrogens with two attached hydrogens (primary N) is 1. The maximum Gasteiger partial charge on any atom is 0.303 e. The van der Waals surface area contributed by atoms with Crippen LogP contribution in [0.1, 0.15) is 32.3 Å². The topological polar surface area (TPSA) is 156 Å². The minimum atomic E-state index is -3.61. The number of sulfonamides is 1. The van der Waals surface area contributed by atoms with E-state index in [0.29, 0.717) is 18.9 Å². The zero-order valence-electron chi connectivity index (χ0n) is 21.0. The number of anilines is 1. The Hall–Kier alpha value is -3.54. The smallest absolute Gasteiger partial charge is 0.303 e. The van der Waals surface area contributed by atoms with Crippen molar-refractivity contribution in [2.45, 2.75) is 44.2 Å². The van der Waals surface area contributed by atoms with E-state index in [-0.39, 0.29) is 11.4 Å². The minimum Gasteiger partial charge on any atom is -0.481 e. The van der Waals surface area contributed by atoms with Crippen molar-refractivity contribution in [1.29, 1.82) is 0 Å². The van der Waals surface area contributed by atoms with Gasteiger partial charge >= 0.3 is 5.97 Å². The van der Waals surface area contributed by atoms with Gasteiger partial charge in [-0.15, -0.1) is 0 Å². The largest absolute Gasteiger partial charge is 0.481 e. The SMILES string of the molecule is CCC(C)NC.Cn1cnc(S(N)(=O)=O)c1.O=CNc1cccc(-c2ccc(CCC(=O)O)cc2)c1. The third-order valence-corrected chi connectivity index (χ3v) is 5.87. The summed E-state index contributed by atoms with van der Waals surface area (Å²) in [5.41, 5.74) is 3.77. The molecule has 10 nitrogen and oxygen atoms in total. The number of benzene rings is 2. The molecule has 0 radical (unpaired) electrons. The van der Waals surface area contributed by atoms with Crippen LogP contribution in [0.25, 0.3) is 11.1 Å². The molecule has 5 N–H and O–H groups in total. The Morgan fingerprint density at radius 3 is 2.28 bits per heavy atom. The fraction of sp³-hybridized carbons (Fsp3) is 0.320. The lowest BCUT2D eigenvalue weighted by atomic mass is 10.0. The lowest BCUT2D eigenvalue weighted by Crippen LogP contribution is -2.19. The van der Waals surface area contributed by atoms with Crippen LogP contribution in [0.5, 0.6) is 0 Å². The highest BCUT2D eigenvalue weighted by molar-refractivity contribution is 7.89. The number of amides is 1. The predicted octanol–water partition coefficient (Wildman–Crippen LogP) is 3.01. The van der Waals surface area contributed by atoms with Gasteiger partial charge in [0, 0.05) is 31.4 Å². The summed E-state index contributed by atoms with van der Waals surface area (Å²) in [6.45, 7) is 4.33. The molecule has 36 heavy (non-hydrogen) atoms. The number of primary sulfonamides is 1. The normalized spacial score (nSPS) is 11.2. The first-order chi connectivity index (χ1) is 17.0. The molecule has 1 aromatic heterocycles. The number of hydrogen-bond donors (Lipinski definition) is 4. The van der Waals surface area contributed by atoms with Crippen molar-refractivity contribution in [3.63, 3.8) is 0 Å². The third-order valence-electron chi connectivity index (χ3n) is 5.08. The lowest BCUT2D eigenvalue weighted by molar-refractivity contribution is -0.137. The van der Waals surface area contributed by atoms with Gasteiger partial charge in [0.2, 0.25) is 6.41 Å². The van der Waals surface area contributed by atoms with Crippen LogP contribution in [-0.2, 0) is 33.1 Å². The summed E-state index contributed by atoms with van der Waals surface area (Å²) in [6.07, 6.45) is 5.25. The Morgan fingerprint density at radius 2 is 1.86 bits per heavy atom. The molecule has 0 aliphatic heterocycles. The number of rotatable bonds is 9. The average molecular weight is 518 g/mol. The van der Waals surface area contributed by atoms with E-state index in [1.54, 1.807) is 7.05 Å². The van der Waals surface area contributed by atoms with Gasteiger partial charge in [-0.05, 0) is 55.6 Å². The third kappa shape index (κ3) is 11.7. The van der Waals surface area contributed by atoms with Crippen molar-refractivity contribution in [2.75, 3.05) is 12.4 Å². The van der Waals surface area contributed by atoms with Gasteiger partial charge in [-0.2, -0.15) is 0 Å². The Balaban J connectivity index is 0.000000335. The molecule has 2 aromatic carbocycles. The van der Waals surface area contributed by atoms with Gasteiger partial charge in [-0.3, -0.25) is 9.59 Å². The number of nitrogens with one attached hydrogen (secondary N) is 2. The molecule has 196 valence electrons. The molecule has 1 heterocycles. The molecule has 0 bridgehead atoms. The van der Waals surface area contributed by atoms with Gasteiger partial charge in [-0.25, -0.2) is 18.5 Å². The van der Waals surface area contributed by atoms with Gasteiger partial charge in [0.1, 0.15) is 0 Å². The van der Waals surface area contributed by atoms with Gasteiger partial charge in [0.15, 0.2) is 5.03 Å². The lowest BCUT2D eigenvalue weighted by Gasteiger charge is -2.06. The molecule has 0 fully saturated rings. The van der Waals surface area contributed by atoms with E-state index in [0.717, 1.165) is 22.4 Å². The summed E-state index contributed by atoms with van der Waals surface area (Å²) < 4.78 is 22.6. The monoisotopic (exact) mass is 517 g/mol. The number of carboxylic acid groups (broad SMARTS) is 1. The van der Waals surface area contributed by atoms with E-state index in [1.165, 1.54) is 23.5 Å². The van der Waals surface area contributed by atoms with Gasteiger partial charge in [0.05, 0.1) is 6.33 Å². The minimum absolute atomic E-state index is 0.102. The molecule has 0 spiro atoms. The Morgan fingerprint density at radius 1 is 1.19 bits per heavy atom. The molecule has 1 amide bonds. The number of nitrogens with zero attached hydrogens (tertiary/aromatic N) is 2. The summed E-state index contributed by atoms with van der Waals surface area (Å²) in [4.78, 5) is 24.5. The number of aromatic nitrogens is 2. The number of carbonyl (C=O) groups excluding carboxylic acids is 1. The summed E-state index contributed by atoms with van der Waals surface area (Å²) in [7, 11) is 0.0347. The number of aliphatic carboxylic acids is 1. The quantitative estimate of drug-likeness (QED) is 0.318. The second kappa shape index (κ2) is 15.5. The van der Waals surface area contributed by atoms with Crippen LogP contribution in [-0.4, -0.2) is 48.5 Å². The van der Waals surface area contributed by atoms with Gasteiger partial charge < -0.3 is 20.3 Å². The van der Waals surface area contributed by atoms with Crippen molar-refractivity contribution >= 4 is 28.1 Å². The van der Waals surface area contributed by atoms with Crippen LogP contribution >= 0.6 is 0 Å². The highest BCUT2D eigenvalue weighted by atomic mass is 32.2. The molecule has 1 atom stereocenters. The van der Waals surface area contributed by atoms with Crippen LogP contribution in [0.2, 0.25) is 0 Å². The van der Waals surface area contributed by atoms with Crippen LogP contribution in [0.4, 0.5) is 5.69 Å². The molecule has 0 saturated heterocycles. The van der Waals surface area contributed by atoms with Crippen LogP contribution in [0.15, 0.2) is 66.1 Å². The van der Waals surface area contributed by atoms with E-state index in [9.17, 15) is 18.0 Å². The van der Waals surface area contributed by atoms with Crippen molar-refractivity contribution in [3.05, 3.63) is 66.6 Å². The fourth-order valence-electron chi connectivity index (χ4n) is 2.71. The zero-order chi connectivity index (χ0) is 27.1. The number of hydrogen-bond acceptors (Lipinski definition) is 6. The average Bonchev–Trinajstić information content (AvgIpc) is 3.31. The van der Waals surface area contributed by atoms with Gasteiger partial charge in [-0.1, -0.05) is 43.3 Å². The fourth-order valence-corrected chi connectivity index (χ4v) is 3.22. The molecule has 3 rings (SSSR count). The van der Waals surface area contributed by atoms with Crippen LogP contribution in [0.3, 0.4) is 0 Å². The highest BCUT2D eigenvalue weighted by Gasteiger charge is 2.09. The van der Waals surface area contributed by atoms with Crippen molar-refractivity contribution < 1.29 is 23.1 Å². The first-order valence-electron chi connectivity index (χ1n) is 11.3. The Labute approximate surface area is 212 Å². The Kier molecular flexibility index (Phi) is 13.1. The van der Waals surface area contributed by atoms with Gasteiger partial charge in [0.25, 0.3) is 10.0 Å². The van der Waals surface area contributed by atoms with E-state index in [2.05, 4.69) is 29.5 Å². The first-order valence-corrected chi connectivity index (χ1v) is 12.8. The van der Waals surface area contributed by atoms with Crippen molar-refractivity contribution in [2.24, 2.45) is 12.2 Å². The summed E-state index contributed by atoms with van der Waals surface area (Å²) in [6, 6.07) is 16.0. The first kappa shape index (κ1) is 30.5. The summed E-state index contributed by atoms with van der Waals surface area (Å²) in [5, 5.41) is 19.0. The van der Waals surface area contributed by atoms with E-state index < -0.39 is 16.0 Å². The molecule has 0 aliphatic rings. The number of aryl methyl sites for hydroxylation is 2. The van der Waals surface area contributed by atoms with Crippen molar-refractivity contribution in [3.8, 4) is 11.1 Å². The Bertz CT molecular complexity index is 1190. The second-order valence-electron chi connectivity index (χ2n) is 7.95. The number of carbonyl (C=O) groups is 2. The number of carboxylic acids is 1. The molecule has 11 heteroatoms. The molecular weight excluding hydrogens is 482 g/mol. The van der Waals surface area contributed by atoms with E-state index >= 15 is 0 Å². The molecule has 0 aliphatic carbocycles. The molecule has 1 unspecified atom stereocenters.